The summed E-state index contributed by atoms with van der Waals surface area (Å²) in [5.74, 6) is 1.28. The van der Waals surface area contributed by atoms with E-state index in [1.165, 1.54) is 11.3 Å². The molecular weight excluding hydrogens is 274 g/mol. The van der Waals surface area contributed by atoms with E-state index in [0.29, 0.717) is 11.0 Å². The number of carbonyl (C=O) groups excluding carboxylic acids is 1. The molecule has 0 aliphatic carbocycles. The number of thiazole rings is 1. The van der Waals surface area contributed by atoms with Crippen molar-refractivity contribution in [1.82, 2.24) is 15.0 Å². The van der Waals surface area contributed by atoms with Crippen molar-refractivity contribution in [3.05, 3.63) is 29.2 Å². The molecule has 0 unspecified atom stereocenters. The maximum atomic E-state index is 11.8. The molecule has 20 heavy (non-hydrogen) atoms. The third kappa shape index (κ3) is 3.99. The number of nitrogens with zero attached hydrogens (tertiary/aromatic N) is 3. The number of hydrogen-bond acceptors (Lipinski definition) is 6. The Morgan fingerprint density at radius 2 is 2.25 bits per heavy atom. The predicted molar refractivity (Wildman–Crippen MR) is 80.0 cm³/mol. The number of nitrogens with one attached hydrogen (secondary N) is 2. The summed E-state index contributed by atoms with van der Waals surface area (Å²) in [6.07, 6.45) is 5.36. The largest absolute Gasteiger partial charge is 0.361 e. The second kappa shape index (κ2) is 6.95. The molecule has 2 aromatic rings. The molecule has 0 aromatic carbocycles. The van der Waals surface area contributed by atoms with Crippen LogP contribution in [0.4, 0.5) is 10.9 Å². The molecule has 1 amide bonds. The van der Waals surface area contributed by atoms with Crippen LogP contribution < -0.4 is 10.6 Å². The van der Waals surface area contributed by atoms with Gasteiger partial charge >= 0.3 is 0 Å². The highest BCUT2D eigenvalue weighted by molar-refractivity contribution is 7.13. The molecule has 7 heteroatoms. The second-order valence-corrected chi connectivity index (χ2v) is 5.17. The van der Waals surface area contributed by atoms with Gasteiger partial charge in [0.15, 0.2) is 5.13 Å². The zero-order chi connectivity index (χ0) is 14.4. The fourth-order valence-electron chi connectivity index (χ4n) is 1.71. The molecule has 0 aliphatic rings. The van der Waals surface area contributed by atoms with Crippen molar-refractivity contribution in [3.8, 4) is 0 Å². The fraction of sp³-hybridized carbons (Fsp3) is 0.385. The minimum absolute atomic E-state index is 0.140. The number of aromatic nitrogens is 3. The normalized spacial score (nSPS) is 10.3. The van der Waals surface area contributed by atoms with Crippen LogP contribution in [0.25, 0.3) is 0 Å². The van der Waals surface area contributed by atoms with E-state index in [2.05, 4.69) is 32.5 Å². The maximum Gasteiger partial charge on any atom is 0.245 e. The minimum atomic E-state index is -0.140. The first-order valence-electron chi connectivity index (χ1n) is 6.44. The van der Waals surface area contributed by atoms with Crippen molar-refractivity contribution in [2.24, 2.45) is 0 Å². The van der Waals surface area contributed by atoms with Crippen LogP contribution in [-0.4, -0.2) is 27.4 Å². The van der Waals surface area contributed by atoms with Crippen LogP contribution in [-0.2, 0) is 11.2 Å². The Kier molecular flexibility index (Phi) is 5.00. The first-order chi connectivity index (χ1) is 9.69. The summed E-state index contributed by atoms with van der Waals surface area (Å²) in [5.41, 5.74) is 1.03. The topological polar surface area (TPSA) is 79.8 Å². The van der Waals surface area contributed by atoms with Gasteiger partial charge in [-0.25, -0.2) is 15.0 Å². The average Bonchev–Trinajstić information content (AvgIpc) is 2.92. The number of anilines is 2. The lowest BCUT2D eigenvalue weighted by molar-refractivity contribution is -0.114. The van der Waals surface area contributed by atoms with E-state index in [0.717, 1.165) is 24.2 Å². The molecule has 6 nitrogen and oxygen atoms in total. The smallest absolute Gasteiger partial charge is 0.245 e. The van der Waals surface area contributed by atoms with E-state index >= 15 is 0 Å². The van der Waals surface area contributed by atoms with E-state index in [-0.39, 0.29) is 12.5 Å². The van der Waals surface area contributed by atoms with E-state index in [9.17, 15) is 4.79 Å². The Balaban J connectivity index is 1.95. The van der Waals surface area contributed by atoms with E-state index in [1.807, 2.05) is 18.5 Å². The van der Waals surface area contributed by atoms with Crippen LogP contribution in [0.15, 0.2) is 17.8 Å². The van der Waals surface area contributed by atoms with Gasteiger partial charge in [-0.2, -0.15) is 0 Å². The molecule has 0 spiro atoms. The molecule has 0 radical (unpaired) electrons. The summed E-state index contributed by atoms with van der Waals surface area (Å²) in [6, 6.07) is 0. The van der Waals surface area contributed by atoms with Crippen molar-refractivity contribution in [2.45, 2.75) is 26.7 Å². The van der Waals surface area contributed by atoms with Crippen molar-refractivity contribution >= 4 is 28.2 Å². The molecule has 0 aliphatic heterocycles. The van der Waals surface area contributed by atoms with Gasteiger partial charge in [-0.15, -0.1) is 11.3 Å². The molecule has 2 rings (SSSR count). The standard InChI is InChI=1S/C13H17N5OS/c1-3-4-10-7-15-9(2)17-12(10)16-8-11(19)18-13-14-5-6-20-13/h5-7H,3-4,8H2,1-2H3,(H,14,18,19)(H,15,16,17). The lowest BCUT2D eigenvalue weighted by atomic mass is 10.2. The SMILES string of the molecule is CCCc1cnc(C)nc1NCC(=O)Nc1nccs1. The van der Waals surface area contributed by atoms with Gasteiger partial charge in [-0.1, -0.05) is 13.3 Å². The summed E-state index contributed by atoms with van der Waals surface area (Å²) in [4.78, 5) is 24.3. The van der Waals surface area contributed by atoms with Crippen molar-refractivity contribution in [3.63, 3.8) is 0 Å². The lowest BCUT2D eigenvalue weighted by Gasteiger charge is -2.10. The number of rotatable bonds is 6. The number of carbonyl (C=O) groups is 1. The molecule has 2 N–H and O–H groups in total. The highest BCUT2D eigenvalue weighted by atomic mass is 32.1. The molecule has 0 atom stereocenters. The van der Waals surface area contributed by atoms with E-state index in [4.69, 9.17) is 0 Å². The molecule has 0 fully saturated rings. The first-order valence-corrected chi connectivity index (χ1v) is 7.32. The van der Waals surface area contributed by atoms with E-state index in [1.54, 1.807) is 6.20 Å². The van der Waals surface area contributed by atoms with Crippen molar-refractivity contribution in [1.29, 1.82) is 0 Å². The molecule has 2 aromatic heterocycles. The Hall–Kier alpha value is -2.02. The van der Waals surface area contributed by atoms with Gasteiger partial charge in [0, 0.05) is 23.3 Å². The quantitative estimate of drug-likeness (QED) is 0.853. The lowest BCUT2D eigenvalue weighted by Crippen LogP contribution is -2.22. The van der Waals surface area contributed by atoms with Crippen LogP contribution in [0, 0.1) is 6.92 Å². The van der Waals surface area contributed by atoms with Crippen molar-refractivity contribution < 1.29 is 4.79 Å². The average molecular weight is 291 g/mol. The van der Waals surface area contributed by atoms with Gasteiger partial charge in [0.05, 0.1) is 6.54 Å². The van der Waals surface area contributed by atoms with Crippen molar-refractivity contribution in [2.75, 3.05) is 17.2 Å². The first kappa shape index (κ1) is 14.4. The molecule has 0 saturated heterocycles. The molecule has 2 heterocycles. The second-order valence-electron chi connectivity index (χ2n) is 4.28. The third-order valence-corrected chi connectivity index (χ3v) is 3.29. The van der Waals surface area contributed by atoms with Crippen LogP contribution >= 0.6 is 11.3 Å². The zero-order valence-corrected chi connectivity index (χ0v) is 12.3. The highest BCUT2D eigenvalue weighted by Crippen LogP contribution is 2.14. The summed E-state index contributed by atoms with van der Waals surface area (Å²) < 4.78 is 0. The summed E-state index contributed by atoms with van der Waals surface area (Å²) in [5, 5.41) is 8.20. The van der Waals surface area contributed by atoms with Gasteiger partial charge in [0.1, 0.15) is 11.6 Å². The zero-order valence-electron chi connectivity index (χ0n) is 11.5. The minimum Gasteiger partial charge on any atom is -0.361 e. The monoisotopic (exact) mass is 291 g/mol. The molecular formula is C13H17N5OS. The molecule has 0 bridgehead atoms. The van der Waals surface area contributed by atoms with Crippen LogP contribution in [0.1, 0.15) is 24.7 Å². The van der Waals surface area contributed by atoms with Gasteiger partial charge < -0.3 is 10.6 Å². The summed E-state index contributed by atoms with van der Waals surface area (Å²) in [7, 11) is 0. The molecule has 106 valence electrons. The maximum absolute atomic E-state index is 11.8. The highest BCUT2D eigenvalue weighted by Gasteiger charge is 2.08. The van der Waals surface area contributed by atoms with Gasteiger partial charge in [-0.3, -0.25) is 4.79 Å². The van der Waals surface area contributed by atoms with Crippen LogP contribution in [0.5, 0.6) is 0 Å². The molecule has 0 saturated carbocycles. The van der Waals surface area contributed by atoms with E-state index < -0.39 is 0 Å². The number of hydrogen-bond donors (Lipinski definition) is 2. The fourth-order valence-corrected chi connectivity index (χ4v) is 2.26. The van der Waals surface area contributed by atoms with Crippen LogP contribution in [0.3, 0.4) is 0 Å². The number of amides is 1. The predicted octanol–water partition coefficient (Wildman–Crippen LogP) is 2.24. The Morgan fingerprint density at radius 3 is 2.95 bits per heavy atom. The third-order valence-electron chi connectivity index (χ3n) is 2.60. The Bertz CT molecular complexity index is 570. The summed E-state index contributed by atoms with van der Waals surface area (Å²) >= 11 is 1.39. The van der Waals surface area contributed by atoms with Gasteiger partial charge in [-0.05, 0) is 13.3 Å². The van der Waals surface area contributed by atoms with Gasteiger partial charge in [0.2, 0.25) is 5.91 Å². The Labute approximate surface area is 121 Å². The van der Waals surface area contributed by atoms with Crippen LogP contribution in [0.2, 0.25) is 0 Å². The summed E-state index contributed by atoms with van der Waals surface area (Å²) in [6.45, 7) is 4.09. The van der Waals surface area contributed by atoms with Gasteiger partial charge in [0.25, 0.3) is 0 Å². The number of aryl methyl sites for hydroxylation is 2. The Morgan fingerprint density at radius 1 is 1.40 bits per heavy atom.